The first-order chi connectivity index (χ1) is 8.52. The summed E-state index contributed by atoms with van der Waals surface area (Å²) in [7, 11) is -3.31. The molecule has 0 aromatic rings. The summed E-state index contributed by atoms with van der Waals surface area (Å²) in [5.74, 6) is 0. The molecule has 1 saturated heterocycles. The molecule has 0 spiro atoms. The number of halogens is 1. The zero-order valence-corrected chi connectivity index (χ0v) is 13.1. The first-order valence-electron chi connectivity index (χ1n) is 7.06. The topological polar surface area (TPSA) is 75.4 Å². The van der Waals surface area contributed by atoms with Crippen LogP contribution >= 0.6 is 12.4 Å². The van der Waals surface area contributed by atoms with Crippen LogP contribution in [0.1, 0.15) is 51.4 Å². The third-order valence-corrected chi connectivity index (χ3v) is 5.67. The Morgan fingerprint density at radius 3 is 2.05 bits per heavy atom. The highest BCUT2D eigenvalue weighted by Gasteiger charge is 2.30. The molecular weight excluding hydrogens is 286 g/mol. The minimum absolute atomic E-state index is 0. The second-order valence-electron chi connectivity index (χ2n) is 5.71. The molecule has 1 heterocycles. The Labute approximate surface area is 122 Å². The maximum Gasteiger partial charge on any atom is 0.279 e. The fourth-order valence-electron chi connectivity index (χ4n) is 2.86. The third kappa shape index (κ3) is 4.86. The molecule has 0 amide bonds. The van der Waals surface area contributed by atoms with Gasteiger partial charge in [-0.15, -0.1) is 12.4 Å². The fraction of sp³-hybridized carbons (Fsp3) is 1.00. The van der Waals surface area contributed by atoms with Crippen molar-refractivity contribution >= 4 is 22.6 Å². The van der Waals surface area contributed by atoms with Gasteiger partial charge in [0.05, 0.1) is 0 Å². The van der Waals surface area contributed by atoms with Crippen molar-refractivity contribution in [2.24, 2.45) is 5.73 Å². The zero-order chi connectivity index (χ0) is 13.1. The SMILES string of the molecule is Cl.NC1(CNS(=O)(=O)N2CCCC2)CCCCCC1. The van der Waals surface area contributed by atoms with Crippen molar-refractivity contribution < 1.29 is 8.42 Å². The predicted octanol–water partition coefficient (Wildman–Crippen LogP) is 1.39. The van der Waals surface area contributed by atoms with Crippen LogP contribution in [0.2, 0.25) is 0 Å². The average molecular weight is 312 g/mol. The smallest absolute Gasteiger partial charge is 0.279 e. The first kappa shape index (κ1) is 17.2. The maximum absolute atomic E-state index is 12.1. The lowest BCUT2D eigenvalue weighted by molar-refractivity contribution is 0.362. The highest BCUT2D eigenvalue weighted by molar-refractivity contribution is 7.87. The average Bonchev–Trinajstić information content (AvgIpc) is 2.79. The van der Waals surface area contributed by atoms with Gasteiger partial charge in [0.15, 0.2) is 0 Å². The summed E-state index contributed by atoms with van der Waals surface area (Å²) >= 11 is 0. The lowest BCUT2D eigenvalue weighted by atomic mass is 9.92. The van der Waals surface area contributed by atoms with Gasteiger partial charge >= 0.3 is 0 Å². The number of hydrogen-bond donors (Lipinski definition) is 2. The molecular formula is C12H26ClN3O2S. The Morgan fingerprint density at radius 1 is 1.00 bits per heavy atom. The summed E-state index contributed by atoms with van der Waals surface area (Å²) < 4.78 is 28.4. The molecule has 5 nitrogen and oxygen atoms in total. The van der Waals surface area contributed by atoms with E-state index in [0.29, 0.717) is 19.6 Å². The van der Waals surface area contributed by atoms with Crippen LogP contribution < -0.4 is 10.5 Å². The lowest BCUT2D eigenvalue weighted by Crippen LogP contribution is -2.52. The molecule has 114 valence electrons. The molecule has 2 rings (SSSR count). The van der Waals surface area contributed by atoms with Crippen molar-refractivity contribution in [3.63, 3.8) is 0 Å². The minimum Gasteiger partial charge on any atom is -0.324 e. The van der Waals surface area contributed by atoms with Gasteiger partial charge in [-0.25, -0.2) is 4.72 Å². The van der Waals surface area contributed by atoms with Crippen molar-refractivity contribution in [2.75, 3.05) is 19.6 Å². The second kappa shape index (κ2) is 7.22. The Hall–Kier alpha value is 0.120. The number of nitrogens with two attached hydrogens (primary N) is 1. The van der Waals surface area contributed by atoms with Crippen molar-refractivity contribution in [1.82, 2.24) is 9.03 Å². The van der Waals surface area contributed by atoms with Crippen molar-refractivity contribution in [3.05, 3.63) is 0 Å². The van der Waals surface area contributed by atoms with Crippen LogP contribution in [0.3, 0.4) is 0 Å². The molecule has 0 unspecified atom stereocenters. The lowest BCUT2D eigenvalue weighted by Gasteiger charge is -2.29. The molecule has 0 aromatic carbocycles. The molecule has 2 fully saturated rings. The highest BCUT2D eigenvalue weighted by Crippen LogP contribution is 2.24. The van der Waals surface area contributed by atoms with Gasteiger partial charge < -0.3 is 5.73 Å². The van der Waals surface area contributed by atoms with E-state index in [1.165, 1.54) is 17.1 Å². The number of hydrogen-bond acceptors (Lipinski definition) is 3. The van der Waals surface area contributed by atoms with E-state index in [9.17, 15) is 8.42 Å². The summed E-state index contributed by atoms with van der Waals surface area (Å²) in [5, 5.41) is 0. The fourth-order valence-corrected chi connectivity index (χ4v) is 4.26. The van der Waals surface area contributed by atoms with Crippen molar-refractivity contribution in [2.45, 2.75) is 56.9 Å². The zero-order valence-electron chi connectivity index (χ0n) is 11.4. The Balaban J connectivity index is 0.00000180. The molecule has 1 saturated carbocycles. The second-order valence-corrected chi connectivity index (χ2v) is 7.46. The monoisotopic (exact) mass is 311 g/mol. The van der Waals surface area contributed by atoms with Gasteiger partial charge in [-0.2, -0.15) is 12.7 Å². The van der Waals surface area contributed by atoms with E-state index in [-0.39, 0.29) is 17.9 Å². The Morgan fingerprint density at radius 2 is 1.53 bits per heavy atom. The van der Waals surface area contributed by atoms with Gasteiger partial charge in [-0.05, 0) is 25.7 Å². The van der Waals surface area contributed by atoms with E-state index < -0.39 is 10.2 Å². The molecule has 2 aliphatic rings. The highest BCUT2D eigenvalue weighted by atomic mass is 35.5. The summed E-state index contributed by atoms with van der Waals surface area (Å²) in [5.41, 5.74) is 5.98. The maximum atomic E-state index is 12.1. The molecule has 0 atom stereocenters. The molecule has 3 N–H and O–H groups in total. The van der Waals surface area contributed by atoms with E-state index >= 15 is 0 Å². The quantitative estimate of drug-likeness (QED) is 0.770. The number of rotatable bonds is 4. The van der Waals surface area contributed by atoms with Crippen LogP contribution in [0.5, 0.6) is 0 Å². The molecule has 0 aromatic heterocycles. The summed E-state index contributed by atoms with van der Waals surface area (Å²) in [6, 6.07) is 0. The molecule has 7 heteroatoms. The van der Waals surface area contributed by atoms with Crippen LogP contribution in [0, 0.1) is 0 Å². The van der Waals surface area contributed by atoms with Gasteiger partial charge in [0.2, 0.25) is 0 Å². The standard InChI is InChI=1S/C12H25N3O2S.ClH/c13-12(7-3-1-2-4-8-12)11-14-18(16,17)15-9-5-6-10-15;/h14H,1-11,13H2;1H. The Kier molecular flexibility index (Phi) is 6.53. The normalized spacial score (nSPS) is 24.7. The van der Waals surface area contributed by atoms with Gasteiger partial charge in [-0.3, -0.25) is 0 Å². The van der Waals surface area contributed by atoms with E-state index in [0.717, 1.165) is 38.5 Å². The van der Waals surface area contributed by atoms with E-state index in [1.807, 2.05) is 0 Å². The van der Waals surface area contributed by atoms with Crippen molar-refractivity contribution in [3.8, 4) is 0 Å². The van der Waals surface area contributed by atoms with Crippen LogP contribution in [-0.4, -0.2) is 37.9 Å². The summed E-state index contributed by atoms with van der Waals surface area (Å²) in [6.07, 6.45) is 8.45. The van der Waals surface area contributed by atoms with E-state index in [2.05, 4.69) is 4.72 Å². The van der Waals surface area contributed by atoms with E-state index in [1.54, 1.807) is 0 Å². The first-order valence-corrected chi connectivity index (χ1v) is 8.50. The van der Waals surface area contributed by atoms with Crippen LogP contribution in [0.25, 0.3) is 0 Å². The van der Waals surface area contributed by atoms with Gasteiger partial charge in [0.1, 0.15) is 0 Å². The minimum atomic E-state index is -3.31. The van der Waals surface area contributed by atoms with Crippen LogP contribution in [0.15, 0.2) is 0 Å². The van der Waals surface area contributed by atoms with Gasteiger partial charge in [0, 0.05) is 25.2 Å². The largest absolute Gasteiger partial charge is 0.324 e. The molecule has 0 radical (unpaired) electrons. The molecule has 0 bridgehead atoms. The Bertz CT molecular complexity index is 361. The van der Waals surface area contributed by atoms with Crippen LogP contribution in [0.4, 0.5) is 0 Å². The van der Waals surface area contributed by atoms with Gasteiger partial charge in [-0.1, -0.05) is 25.7 Å². The summed E-state index contributed by atoms with van der Waals surface area (Å²) in [4.78, 5) is 0. The van der Waals surface area contributed by atoms with Gasteiger partial charge in [0.25, 0.3) is 10.2 Å². The number of nitrogens with zero attached hydrogens (tertiary/aromatic N) is 1. The van der Waals surface area contributed by atoms with Crippen molar-refractivity contribution in [1.29, 1.82) is 0 Å². The summed E-state index contributed by atoms with van der Waals surface area (Å²) in [6.45, 7) is 1.67. The van der Waals surface area contributed by atoms with E-state index in [4.69, 9.17) is 5.73 Å². The number of nitrogens with one attached hydrogen (secondary N) is 1. The molecule has 19 heavy (non-hydrogen) atoms. The third-order valence-electron chi connectivity index (χ3n) is 4.11. The predicted molar refractivity (Wildman–Crippen MR) is 79.6 cm³/mol. The molecule has 1 aliphatic carbocycles. The van der Waals surface area contributed by atoms with Crippen LogP contribution in [-0.2, 0) is 10.2 Å². The molecule has 1 aliphatic heterocycles.